The van der Waals surface area contributed by atoms with Crippen LogP contribution in [0.2, 0.25) is 5.02 Å². The number of carbonyl (C=O) groups excluding carboxylic acids is 1. The molecule has 4 aromatic rings. The number of hydrogen-bond acceptors (Lipinski definition) is 4. The molecule has 35 heavy (non-hydrogen) atoms. The lowest BCUT2D eigenvalue weighted by molar-refractivity contribution is -0.145. The Balaban J connectivity index is 1.86. The van der Waals surface area contributed by atoms with E-state index in [9.17, 15) is 4.79 Å². The molecule has 0 spiro atoms. The highest BCUT2D eigenvalue weighted by Gasteiger charge is 2.31. The zero-order chi connectivity index (χ0) is 24.5. The zero-order valence-electron chi connectivity index (χ0n) is 19.5. The van der Waals surface area contributed by atoms with Gasteiger partial charge in [-0.2, -0.15) is 0 Å². The van der Waals surface area contributed by atoms with E-state index < -0.39 is 18.1 Å². The lowest BCUT2D eigenvalue weighted by atomic mass is 9.97. The molecule has 0 amide bonds. The second kappa shape index (κ2) is 12.0. The molecule has 4 aromatic carbocycles. The van der Waals surface area contributed by atoms with E-state index in [2.05, 4.69) is 5.32 Å². The van der Waals surface area contributed by atoms with E-state index in [-0.39, 0.29) is 6.61 Å². The van der Waals surface area contributed by atoms with Crippen LogP contribution in [0, 0.1) is 0 Å². The normalized spacial score (nSPS) is 12.3. The van der Waals surface area contributed by atoms with Crippen LogP contribution < -0.4 is 5.32 Å². The first kappa shape index (κ1) is 24.2. The van der Waals surface area contributed by atoms with Crippen LogP contribution in [0.4, 0.5) is 5.69 Å². The number of halogens is 1. The van der Waals surface area contributed by atoms with Gasteiger partial charge < -0.3 is 10.1 Å². The molecule has 176 valence electrons. The van der Waals surface area contributed by atoms with Crippen molar-refractivity contribution >= 4 is 29.0 Å². The number of benzene rings is 4. The third kappa shape index (κ3) is 6.37. The van der Waals surface area contributed by atoms with Crippen molar-refractivity contribution < 1.29 is 9.53 Å². The third-order valence-corrected chi connectivity index (χ3v) is 5.78. The molecule has 0 fully saturated rings. The summed E-state index contributed by atoms with van der Waals surface area (Å²) in [6.45, 7) is 2.07. The monoisotopic (exact) mass is 482 g/mol. The van der Waals surface area contributed by atoms with E-state index in [4.69, 9.17) is 21.3 Å². The Labute approximate surface area is 211 Å². The van der Waals surface area contributed by atoms with Crippen LogP contribution in [0.5, 0.6) is 0 Å². The summed E-state index contributed by atoms with van der Waals surface area (Å²) < 4.78 is 5.53. The van der Waals surface area contributed by atoms with Gasteiger partial charge in [0.1, 0.15) is 0 Å². The topological polar surface area (TPSA) is 50.7 Å². The quantitative estimate of drug-likeness (QED) is 0.207. The van der Waals surface area contributed by atoms with Crippen molar-refractivity contribution in [1.82, 2.24) is 0 Å². The van der Waals surface area contributed by atoms with Crippen LogP contribution in [-0.4, -0.2) is 24.3 Å². The number of aliphatic imine (C=N–C) groups is 1. The van der Waals surface area contributed by atoms with E-state index in [0.717, 1.165) is 28.1 Å². The minimum atomic E-state index is -0.844. The van der Waals surface area contributed by atoms with E-state index >= 15 is 0 Å². The van der Waals surface area contributed by atoms with Gasteiger partial charge >= 0.3 is 5.97 Å². The molecule has 0 saturated carbocycles. The summed E-state index contributed by atoms with van der Waals surface area (Å²) in [6, 6.07) is 35.7. The van der Waals surface area contributed by atoms with Crippen LogP contribution in [-0.2, 0) is 9.53 Å². The van der Waals surface area contributed by atoms with Gasteiger partial charge in [-0.1, -0.05) is 103 Å². The second-order valence-corrected chi connectivity index (χ2v) is 8.38. The first-order valence-corrected chi connectivity index (χ1v) is 12.0. The molecule has 4 nitrogen and oxygen atoms in total. The molecule has 0 aliphatic carbocycles. The van der Waals surface area contributed by atoms with Crippen LogP contribution >= 0.6 is 11.6 Å². The number of rotatable bonds is 9. The number of nitrogens with zero attached hydrogens (tertiary/aromatic N) is 1. The maximum absolute atomic E-state index is 13.4. The van der Waals surface area contributed by atoms with Gasteiger partial charge in [-0.3, -0.25) is 4.99 Å². The highest BCUT2D eigenvalue weighted by molar-refractivity contribution is 6.30. The van der Waals surface area contributed by atoms with Crippen molar-refractivity contribution in [3.8, 4) is 0 Å². The van der Waals surface area contributed by atoms with Crippen LogP contribution in [0.1, 0.15) is 29.7 Å². The summed E-state index contributed by atoms with van der Waals surface area (Å²) in [4.78, 5) is 18.5. The fraction of sp³-hybridized carbons (Fsp3) is 0.133. The summed E-state index contributed by atoms with van der Waals surface area (Å²) in [5, 5.41) is 4.14. The Morgan fingerprint density at radius 3 is 1.83 bits per heavy atom. The molecule has 0 radical (unpaired) electrons. The summed E-state index contributed by atoms with van der Waals surface area (Å²) >= 11 is 6.10. The second-order valence-electron chi connectivity index (χ2n) is 7.95. The number of hydrogen-bond donors (Lipinski definition) is 1. The minimum absolute atomic E-state index is 0.263. The standard InChI is InChI=1S/C30H27ClN2O2/c1-2-35-30(34)29(33-27(22-12-6-3-7-13-22)23-14-8-4-9-15-23)28(24-16-10-5-11-17-24)32-26-20-18-25(31)19-21-26/h3-21,28-29,32H,2H2,1H3. The van der Waals surface area contributed by atoms with Crippen LogP contribution in [0.15, 0.2) is 120 Å². The number of carbonyl (C=O) groups is 1. The van der Waals surface area contributed by atoms with Crippen molar-refractivity contribution in [2.24, 2.45) is 4.99 Å². The summed E-state index contributed by atoms with van der Waals surface area (Å²) in [5.74, 6) is -0.396. The first-order chi connectivity index (χ1) is 17.2. The Morgan fingerprint density at radius 2 is 1.31 bits per heavy atom. The average Bonchev–Trinajstić information content (AvgIpc) is 2.91. The smallest absolute Gasteiger partial charge is 0.333 e. The van der Waals surface area contributed by atoms with Gasteiger partial charge in [0.05, 0.1) is 18.4 Å². The summed E-state index contributed by atoms with van der Waals surface area (Å²) in [7, 11) is 0. The molecule has 5 heteroatoms. The summed E-state index contributed by atoms with van der Waals surface area (Å²) in [6.07, 6.45) is 0. The highest BCUT2D eigenvalue weighted by Crippen LogP contribution is 2.28. The van der Waals surface area contributed by atoms with Crippen molar-refractivity contribution in [2.45, 2.75) is 19.0 Å². The first-order valence-electron chi connectivity index (χ1n) is 11.6. The van der Waals surface area contributed by atoms with E-state index in [1.54, 1.807) is 6.92 Å². The number of ether oxygens (including phenoxy) is 1. The summed E-state index contributed by atoms with van der Waals surface area (Å²) in [5.41, 5.74) is 4.32. The number of nitrogens with one attached hydrogen (secondary N) is 1. The molecule has 0 aliphatic heterocycles. The molecular weight excluding hydrogens is 456 g/mol. The SMILES string of the molecule is CCOC(=O)C(N=C(c1ccccc1)c1ccccc1)C(Nc1ccc(Cl)cc1)c1ccccc1. The van der Waals surface area contributed by atoms with Crippen molar-refractivity contribution in [3.63, 3.8) is 0 Å². The fourth-order valence-electron chi connectivity index (χ4n) is 3.87. The molecule has 2 unspecified atom stereocenters. The maximum atomic E-state index is 13.4. The molecule has 0 aliphatic rings. The van der Waals surface area contributed by atoms with E-state index in [1.807, 2.05) is 115 Å². The Hall–Kier alpha value is -3.89. The largest absolute Gasteiger partial charge is 0.464 e. The lowest BCUT2D eigenvalue weighted by Crippen LogP contribution is -2.34. The molecular formula is C30H27ClN2O2. The van der Waals surface area contributed by atoms with E-state index in [1.165, 1.54) is 0 Å². The van der Waals surface area contributed by atoms with Crippen LogP contribution in [0.25, 0.3) is 0 Å². The molecule has 0 heterocycles. The number of esters is 1. The van der Waals surface area contributed by atoms with Crippen molar-refractivity contribution in [3.05, 3.63) is 137 Å². The van der Waals surface area contributed by atoms with Crippen molar-refractivity contribution in [1.29, 1.82) is 0 Å². The Morgan fingerprint density at radius 1 is 0.800 bits per heavy atom. The molecule has 0 aromatic heterocycles. The molecule has 1 N–H and O–H groups in total. The maximum Gasteiger partial charge on any atom is 0.333 e. The molecule has 0 bridgehead atoms. The van der Waals surface area contributed by atoms with Crippen LogP contribution in [0.3, 0.4) is 0 Å². The van der Waals surface area contributed by atoms with Gasteiger partial charge in [0.15, 0.2) is 6.04 Å². The predicted molar refractivity (Wildman–Crippen MR) is 143 cm³/mol. The van der Waals surface area contributed by atoms with Crippen molar-refractivity contribution in [2.75, 3.05) is 11.9 Å². The average molecular weight is 483 g/mol. The lowest BCUT2D eigenvalue weighted by Gasteiger charge is -2.26. The van der Waals surface area contributed by atoms with Gasteiger partial charge in [-0.25, -0.2) is 4.79 Å². The van der Waals surface area contributed by atoms with Gasteiger partial charge in [0.2, 0.25) is 0 Å². The van der Waals surface area contributed by atoms with Gasteiger partial charge in [0, 0.05) is 21.8 Å². The van der Waals surface area contributed by atoms with Gasteiger partial charge in [0.25, 0.3) is 0 Å². The van der Waals surface area contributed by atoms with Gasteiger partial charge in [-0.15, -0.1) is 0 Å². The molecule has 0 saturated heterocycles. The predicted octanol–water partition coefficient (Wildman–Crippen LogP) is 6.96. The third-order valence-electron chi connectivity index (χ3n) is 5.53. The highest BCUT2D eigenvalue weighted by atomic mass is 35.5. The Bertz CT molecular complexity index is 1200. The Kier molecular flexibility index (Phi) is 8.31. The van der Waals surface area contributed by atoms with E-state index in [0.29, 0.717) is 5.02 Å². The molecule has 4 rings (SSSR count). The zero-order valence-corrected chi connectivity index (χ0v) is 20.2. The molecule has 2 atom stereocenters. The fourth-order valence-corrected chi connectivity index (χ4v) is 3.99. The van der Waals surface area contributed by atoms with Gasteiger partial charge in [-0.05, 0) is 36.8 Å². The number of anilines is 1. The minimum Gasteiger partial charge on any atom is -0.464 e.